The van der Waals surface area contributed by atoms with E-state index in [2.05, 4.69) is 38.2 Å². The maximum Gasteiger partial charge on any atom is 0.416 e. The molecule has 0 saturated heterocycles. The summed E-state index contributed by atoms with van der Waals surface area (Å²) in [5, 5.41) is 4.14. The van der Waals surface area contributed by atoms with Gasteiger partial charge in [-0.3, -0.25) is 5.43 Å². The molecule has 1 aromatic rings. The minimum atomic E-state index is -4.45. The lowest BCUT2D eigenvalue weighted by atomic mass is 10.1. The summed E-state index contributed by atoms with van der Waals surface area (Å²) < 4.78 is 43.9. The highest BCUT2D eigenvalue weighted by Crippen LogP contribution is 2.30. The van der Waals surface area contributed by atoms with E-state index in [1.165, 1.54) is 12.1 Å². The number of esters is 1. The second-order valence-corrected chi connectivity index (χ2v) is 7.70. The van der Waals surface area contributed by atoms with Crippen molar-refractivity contribution in [2.24, 2.45) is 16.9 Å². The van der Waals surface area contributed by atoms with Gasteiger partial charge in [-0.2, -0.15) is 13.2 Å². The van der Waals surface area contributed by atoms with Gasteiger partial charge in [0.1, 0.15) is 0 Å². The van der Waals surface area contributed by atoms with E-state index < -0.39 is 17.7 Å². The van der Waals surface area contributed by atoms with E-state index in [4.69, 9.17) is 4.74 Å². The average molecular weight is 416 g/mol. The highest BCUT2D eigenvalue weighted by Gasteiger charge is 2.30. The number of ether oxygens (including phenoxy) is 1. The van der Waals surface area contributed by atoms with Crippen molar-refractivity contribution >= 4 is 17.5 Å². The van der Waals surface area contributed by atoms with Crippen LogP contribution in [-0.4, -0.2) is 36.4 Å². The van der Waals surface area contributed by atoms with Crippen LogP contribution in [0.25, 0.3) is 0 Å². The summed E-state index contributed by atoms with van der Waals surface area (Å²) in [6.07, 6.45) is -2.76. The average Bonchev–Trinajstić information content (AvgIpc) is 2.62. The predicted octanol–water partition coefficient (Wildman–Crippen LogP) is 5.39. The Hall–Kier alpha value is -2.25. The number of hydrogen-bond acceptors (Lipinski definition) is 4. The van der Waals surface area contributed by atoms with E-state index in [0.29, 0.717) is 24.9 Å². The molecule has 0 radical (unpaired) electrons. The minimum absolute atomic E-state index is 0.0746. The molecule has 0 aliphatic carbocycles. The molecule has 0 saturated carbocycles. The Morgan fingerprint density at radius 1 is 1.14 bits per heavy atom. The van der Waals surface area contributed by atoms with Gasteiger partial charge in [0, 0.05) is 13.1 Å². The molecule has 0 aliphatic heterocycles. The molecule has 0 atom stereocenters. The third kappa shape index (κ3) is 9.19. The van der Waals surface area contributed by atoms with E-state index in [1.807, 2.05) is 4.90 Å². The van der Waals surface area contributed by atoms with Gasteiger partial charge in [0.15, 0.2) is 0 Å². The molecule has 0 bridgehead atoms. The van der Waals surface area contributed by atoms with Crippen LogP contribution >= 0.6 is 0 Å². The number of nitrogens with one attached hydrogen (secondary N) is 1. The molecule has 1 aromatic carbocycles. The van der Waals surface area contributed by atoms with Gasteiger partial charge in [0.2, 0.25) is 5.84 Å². The van der Waals surface area contributed by atoms with Crippen molar-refractivity contribution in [2.75, 3.05) is 25.1 Å². The fourth-order valence-electron chi connectivity index (χ4n) is 2.48. The van der Waals surface area contributed by atoms with Gasteiger partial charge in [-0.25, -0.2) is 4.79 Å². The van der Waals surface area contributed by atoms with Gasteiger partial charge in [-0.1, -0.05) is 33.8 Å². The number of nitrogens with zero attached hydrogens (tertiary/aromatic N) is 2. The van der Waals surface area contributed by atoms with Gasteiger partial charge in [-0.05, 0) is 49.8 Å². The van der Waals surface area contributed by atoms with Crippen LogP contribution in [0.2, 0.25) is 0 Å². The van der Waals surface area contributed by atoms with Gasteiger partial charge in [0.05, 0.1) is 17.9 Å². The van der Waals surface area contributed by atoms with Crippen LogP contribution in [0.3, 0.4) is 0 Å². The fourth-order valence-corrected chi connectivity index (χ4v) is 2.48. The van der Waals surface area contributed by atoms with E-state index in [-0.39, 0.29) is 18.1 Å². The van der Waals surface area contributed by atoms with Gasteiger partial charge < -0.3 is 9.64 Å². The second-order valence-electron chi connectivity index (χ2n) is 7.70. The summed E-state index contributed by atoms with van der Waals surface area (Å²) in [4.78, 5) is 14.4. The van der Waals surface area contributed by atoms with Crippen molar-refractivity contribution in [3.8, 4) is 0 Å². The Labute approximate surface area is 171 Å². The number of rotatable bonds is 9. The van der Waals surface area contributed by atoms with Crippen molar-refractivity contribution in [3.63, 3.8) is 0 Å². The topological polar surface area (TPSA) is 53.9 Å². The largest absolute Gasteiger partial charge is 0.460 e. The smallest absolute Gasteiger partial charge is 0.416 e. The summed E-state index contributed by atoms with van der Waals surface area (Å²) in [7, 11) is 0. The first kappa shape index (κ1) is 24.8. The first-order chi connectivity index (χ1) is 13.5. The number of hydrazone groups is 1. The lowest BCUT2D eigenvalue weighted by Gasteiger charge is -2.26. The molecule has 8 heteroatoms. The Kier molecular flexibility index (Phi) is 9.98. The third-order valence-corrected chi connectivity index (χ3v) is 4.19. The maximum absolute atomic E-state index is 12.9. The molecular formula is C21H32F3N3O2. The molecule has 0 spiro atoms. The van der Waals surface area contributed by atoms with Crippen LogP contribution in [0.1, 0.15) is 53.0 Å². The van der Waals surface area contributed by atoms with E-state index >= 15 is 0 Å². The van der Waals surface area contributed by atoms with Crippen LogP contribution in [0.5, 0.6) is 0 Å². The zero-order valence-corrected chi connectivity index (χ0v) is 17.8. The predicted molar refractivity (Wildman–Crippen MR) is 110 cm³/mol. The quantitative estimate of drug-likeness (QED) is 0.254. The Morgan fingerprint density at radius 2 is 1.72 bits per heavy atom. The molecule has 1 rings (SSSR count). The standard InChI is InChI=1S/C21H32F3N3O2/c1-6-29-20(28)19(27(12-10-15(2)3)13-11-16(4)5)26-25-18-9-7-8-17(14-18)21(22,23)24/h7-9,14-16,25H,6,10-13H2,1-5H3. The SMILES string of the molecule is CCOC(=O)C(=NNc1cccc(C(F)(F)F)c1)N(CCC(C)C)CCC(C)C. The van der Waals surface area contributed by atoms with E-state index in [1.54, 1.807) is 6.92 Å². The summed E-state index contributed by atoms with van der Waals surface area (Å²) in [6, 6.07) is 4.70. The van der Waals surface area contributed by atoms with Crippen molar-refractivity contribution < 1.29 is 22.7 Å². The van der Waals surface area contributed by atoms with Crippen LogP contribution in [0, 0.1) is 11.8 Å². The Morgan fingerprint density at radius 3 is 2.21 bits per heavy atom. The van der Waals surface area contributed by atoms with E-state index in [0.717, 1.165) is 25.0 Å². The maximum atomic E-state index is 12.9. The number of amidine groups is 1. The lowest BCUT2D eigenvalue weighted by molar-refractivity contribution is -0.138. The van der Waals surface area contributed by atoms with Gasteiger partial charge in [0.25, 0.3) is 0 Å². The molecule has 0 heterocycles. The van der Waals surface area contributed by atoms with Crippen LogP contribution in [0.4, 0.5) is 18.9 Å². The normalized spacial score (nSPS) is 12.4. The zero-order chi connectivity index (χ0) is 22.0. The van der Waals surface area contributed by atoms with Gasteiger partial charge in [-0.15, -0.1) is 5.10 Å². The van der Waals surface area contributed by atoms with E-state index in [9.17, 15) is 18.0 Å². The molecule has 0 fully saturated rings. The summed E-state index contributed by atoms with van der Waals surface area (Å²) in [5.41, 5.74) is 1.96. The molecule has 0 amide bonds. The molecule has 1 N–H and O–H groups in total. The van der Waals surface area contributed by atoms with Crippen LogP contribution in [0.15, 0.2) is 29.4 Å². The monoisotopic (exact) mass is 415 g/mol. The Bertz CT molecular complexity index is 661. The number of benzene rings is 1. The number of anilines is 1. The third-order valence-electron chi connectivity index (χ3n) is 4.19. The van der Waals surface area contributed by atoms with Crippen molar-refractivity contribution in [1.82, 2.24) is 4.90 Å². The minimum Gasteiger partial charge on any atom is -0.460 e. The molecule has 0 unspecified atom stereocenters. The molecule has 0 aromatic heterocycles. The molecule has 29 heavy (non-hydrogen) atoms. The zero-order valence-electron chi connectivity index (χ0n) is 17.8. The number of halogens is 3. The van der Waals surface area contributed by atoms with Crippen molar-refractivity contribution in [1.29, 1.82) is 0 Å². The fraction of sp³-hybridized carbons (Fsp3) is 0.619. The highest BCUT2D eigenvalue weighted by molar-refractivity contribution is 6.35. The number of alkyl halides is 3. The summed E-state index contributed by atoms with van der Waals surface area (Å²) in [5.74, 6) is 0.331. The highest BCUT2D eigenvalue weighted by atomic mass is 19.4. The molecule has 164 valence electrons. The Balaban J connectivity index is 3.14. The van der Waals surface area contributed by atoms with Crippen LogP contribution in [-0.2, 0) is 15.7 Å². The first-order valence-corrected chi connectivity index (χ1v) is 9.97. The molecule has 0 aliphatic rings. The molecular weight excluding hydrogens is 383 g/mol. The molecule has 5 nitrogen and oxygen atoms in total. The summed E-state index contributed by atoms with van der Waals surface area (Å²) in [6.45, 7) is 11.4. The van der Waals surface area contributed by atoms with Crippen molar-refractivity contribution in [2.45, 2.75) is 53.6 Å². The summed E-state index contributed by atoms with van der Waals surface area (Å²) >= 11 is 0. The number of carbonyl (C=O) groups excluding carboxylic acids is 1. The lowest BCUT2D eigenvalue weighted by Crippen LogP contribution is -2.40. The van der Waals surface area contributed by atoms with Crippen LogP contribution < -0.4 is 5.43 Å². The number of hydrogen-bond donors (Lipinski definition) is 1. The first-order valence-electron chi connectivity index (χ1n) is 9.97. The number of carbonyl (C=O) groups is 1. The second kappa shape index (κ2) is 11.7. The van der Waals surface area contributed by atoms with Crippen molar-refractivity contribution in [3.05, 3.63) is 29.8 Å². The van der Waals surface area contributed by atoms with Gasteiger partial charge >= 0.3 is 12.1 Å².